The lowest BCUT2D eigenvalue weighted by Gasteiger charge is -2.25. The summed E-state index contributed by atoms with van der Waals surface area (Å²) >= 11 is 0. The van der Waals surface area contributed by atoms with Crippen molar-refractivity contribution in [3.8, 4) is 0 Å². The van der Waals surface area contributed by atoms with Crippen LogP contribution in [0.1, 0.15) is 67.7 Å². The van der Waals surface area contributed by atoms with E-state index in [0.29, 0.717) is 6.04 Å². The first kappa shape index (κ1) is 23.3. The van der Waals surface area contributed by atoms with Gasteiger partial charge in [0.25, 0.3) is 0 Å². The number of hydrogen-bond donors (Lipinski definition) is 1. The monoisotopic (exact) mass is 267 g/mol. The van der Waals surface area contributed by atoms with Crippen molar-refractivity contribution in [1.82, 2.24) is 5.32 Å². The molecule has 1 nitrogen and oxygen atoms in total. The summed E-state index contributed by atoms with van der Waals surface area (Å²) < 4.78 is 0. The molecule has 0 radical (unpaired) electrons. The normalized spacial score (nSPS) is 17.9. The third-order valence-electron chi connectivity index (χ3n) is 2.67. The molecule has 1 atom stereocenters. The fourth-order valence-electron chi connectivity index (χ4n) is 1.81. The Kier molecular flexibility index (Phi) is 23.9. The van der Waals surface area contributed by atoms with E-state index < -0.39 is 0 Å². The lowest BCUT2D eigenvalue weighted by atomic mass is 9.94. The van der Waals surface area contributed by atoms with Crippen molar-refractivity contribution in [1.29, 1.82) is 0 Å². The van der Waals surface area contributed by atoms with Gasteiger partial charge in [-0.2, -0.15) is 0 Å². The first-order valence-electron chi connectivity index (χ1n) is 7.98. The molecular formula is C18H37N. The van der Waals surface area contributed by atoms with Gasteiger partial charge in [-0.05, 0) is 37.5 Å². The van der Waals surface area contributed by atoms with Gasteiger partial charge in [0.15, 0.2) is 0 Å². The minimum atomic E-state index is 0.504. The average Bonchev–Trinajstić information content (AvgIpc) is 2.54. The van der Waals surface area contributed by atoms with Crippen molar-refractivity contribution in [2.24, 2.45) is 0 Å². The molecule has 0 aromatic carbocycles. The van der Waals surface area contributed by atoms with Crippen LogP contribution in [0.4, 0.5) is 0 Å². The highest BCUT2D eigenvalue weighted by Crippen LogP contribution is 2.19. The lowest BCUT2D eigenvalue weighted by molar-refractivity contribution is 0.443. The molecule has 1 unspecified atom stereocenters. The van der Waals surface area contributed by atoms with E-state index in [1.807, 2.05) is 53.7 Å². The molecule has 0 aromatic rings. The molecule has 19 heavy (non-hydrogen) atoms. The van der Waals surface area contributed by atoms with E-state index in [0.717, 1.165) is 6.54 Å². The van der Waals surface area contributed by atoms with Gasteiger partial charge in [0.1, 0.15) is 0 Å². The Bertz CT molecular complexity index is 220. The zero-order valence-electron chi connectivity index (χ0n) is 14.5. The van der Waals surface area contributed by atoms with Gasteiger partial charge in [-0.1, -0.05) is 73.3 Å². The van der Waals surface area contributed by atoms with Gasteiger partial charge >= 0.3 is 0 Å². The molecule has 1 heterocycles. The molecule has 0 aromatic heterocycles. The maximum atomic E-state index is 3.86. The van der Waals surface area contributed by atoms with Crippen molar-refractivity contribution >= 4 is 0 Å². The first-order valence-corrected chi connectivity index (χ1v) is 7.98. The summed E-state index contributed by atoms with van der Waals surface area (Å²) in [4.78, 5) is 0. The molecular weight excluding hydrogens is 230 g/mol. The largest absolute Gasteiger partial charge is 0.310 e. The number of piperidine rings is 1. The zero-order valence-corrected chi connectivity index (χ0v) is 14.5. The van der Waals surface area contributed by atoms with Crippen molar-refractivity contribution < 1.29 is 0 Å². The van der Waals surface area contributed by atoms with Gasteiger partial charge in [-0.15, -0.1) is 0 Å². The van der Waals surface area contributed by atoms with Crippen LogP contribution in [0, 0.1) is 0 Å². The Morgan fingerprint density at radius 2 is 1.47 bits per heavy atom. The third-order valence-corrected chi connectivity index (χ3v) is 2.67. The van der Waals surface area contributed by atoms with E-state index in [1.165, 1.54) is 30.4 Å². The van der Waals surface area contributed by atoms with Crippen LogP contribution in [0.2, 0.25) is 0 Å². The van der Waals surface area contributed by atoms with E-state index >= 15 is 0 Å². The van der Waals surface area contributed by atoms with Crippen LogP contribution in [-0.4, -0.2) is 12.6 Å². The molecule has 1 fully saturated rings. The molecule has 0 spiro atoms. The Morgan fingerprint density at radius 1 is 0.947 bits per heavy atom. The summed E-state index contributed by atoms with van der Waals surface area (Å²) in [6, 6.07) is 0.504. The Balaban J connectivity index is -0.000000375. The predicted octanol–water partition coefficient (Wildman–Crippen LogP) is 5.90. The zero-order chi connectivity index (χ0) is 15.7. The van der Waals surface area contributed by atoms with Crippen molar-refractivity contribution in [3.05, 3.63) is 36.5 Å². The second kappa shape index (κ2) is 19.5. The summed E-state index contributed by atoms with van der Waals surface area (Å²) in [7, 11) is 0. The number of rotatable bonds is 3. The van der Waals surface area contributed by atoms with Crippen molar-refractivity contribution in [3.63, 3.8) is 0 Å². The Hall–Kier alpha value is -0.820. The molecule has 1 aliphatic rings. The van der Waals surface area contributed by atoms with Gasteiger partial charge in [-0.3, -0.25) is 0 Å². The first-order chi connectivity index (χ1) is 9.29. The van der Waals surface area contributed by atoms with Crippen LogP contribution in [0.3, 0.4) is 0 Å². The van der Waals surface area contributed by atoms with Gasteiger partial charge < -0.3 is 5.32 Å². The van der Waals surface area contributed by atoms with E-state index in [1.54, 1.807) is 0 Å². The molecule has 0 saturated carbocycles. The molecule has 1 aliphatic heterocycles. The second-order valence-corrected chi connectivity index (χ2v) is 3.55. The fourth-order valence-corrected chi connectivity index (χ4v) is 1.81. The SMILES string of the molecule is C=C/C(C)=C(\C=C)C1CCCCN1.CC.CC.CC. The average molecular weight is 268 g/mol. The summed E-state index contributed by atoms with van der Waals surface area (Å²) in [5.74, 6) is 0. The summed E-state index contributed by atoms with van der Waals surface area (Å²) in [6.07, 6.45) is 7.72. The molecule has 0 bridgehead atoms. The molecule has 1 N–H and O–H groups in total. The maximum absolute atomic E-state index is 3.86. The van der Waals surface area contributed by atoms with Crippen LogP contribution in [0.25, 0.3) is 0 Å². The van der Waals surface area contributed by atoms with Crippen LogP contribution in [-0.2, 0) is 0 Å². The molecule has 114 valence electrons. The van der Waals surface area contributed by atoms with Crippen LogP contribution in [0.5, 0.6) is 0 Å². The molecule has 0 aliphatic carbocycles. The molecule has 1 rings (SSSR count). The van der Waals surface area contributed by atoms with Gasteiger partial charge in [0.05, 0.1) is 0 Å². The minimum absolute atomic E-state index is 0.504. The van der Waals surface area contributed by atoms with E-state index in [4.69, 9.17) is 0 Å². The van der Waals surface area contributed by atoms with Gasteiger partial charge in [0, 0.05) is 6.04 Å². The smallest absolute Gasteiger partial charge is 0.0322 e. The lowest BCUT2D eigenvalue weighted by Crippen LogP contribution is -2.35. The molecule has 1 heteroatoms. The maximum Gasteiger partial charge on any atom is 0.0322 e. The molecule has 0 amide bonds. The van der Waals surface area contributed by atoms with E-state index in [2.05, 4.69) is 25.4 Å². The van der Waals surface area contributed by atoms with Gasteiger partial charge in [0.2, 0.25) is 0 Å². The highest BCUT2D eigenvalue weighted by Gasteiger charge is 2.15. The number of allylic oxidation sites excluding steroid dienone is 2. The summed E-state index contributed by atoms with van der Waals surface area (Å²) in [5, 5.41) is 3.51. The second-order valence-electron chi connectivity index (χ2n) is 3.55. The highest BCUT2D eigenvalue weighted by atomic mass is 14.9. The number of hydrogen-bond acceptors (Lipinski definition) is 1. The topological polar surface area (TPSA) is 12.0 Å². The van der Waals surface area contributed by atoms with E-state index in [-0.39, 0.29) is 0 Å². The standard InChI is InChI=1S/C12H19N.3C2H6/c1-4-10(3)11(5-2)12-8-6-7-9-13-12;3*1-2/h4-5,12-13H,1-2,6-9H2,3H3;3*1-2H3/b11-10+;;;. The summed E-state index contributed by atoms with van der Waals surface area (Å²) in [5.41, 5.74) is 2.56. The fraction of sp³-hybridized carbons (Fsp3) is 0.667. The Labute approximate surface area is 122 Å². The predicted molar refractivity (Wildman–Crippen MR) is 92.8 cm³/mol. The van der Waals surface area contributed by atoms with Gasteiger partial charge in [-0.25, -0.2) is 0 Å². The van der Waals surface area contributed by atoms with E-state index in [9.17, 15) is 0 Å². The summed E-state index contributed by atoms with van der Waals surface area (Å²) in [6.45, 7) is 22.9. The van der Waals surface area contributed by atoms with Crippen LogP contribution >= 0.6 is 0 Å². The quantitative estimate of drug-likeness (QED) is 0.628. The van der Waals surface area contributed by atoms with Crippen molar-refractivity contribution in [2.45, 2.75) is 73.8 Å². The number of nitrogens with one attached hydrogen (secondary N) is 1. The van der Waals surface area contributed by atoms with Crippen LogP contribution < -0.4 is 5.32 Å². The van der Waals surface area contributed by atoms with Crippen LogP contribution in [0.15, 0.2) is 36.5 Å². The minimum Gasteiger partial charge on any atom is -0.310 e. The third kappa shape index (κ3) is 10.8. The highest BCUT2D eigenvalue weighted by molar-refractivity contribution is 5.34. The Morgan fingerprint density at radius 3 is 1.79 bits per heavy atom. The molecule has 1 saturated heterocycles. The van der Waals surface area contributed by atoms with Crippen molar-refractivity contribution in [2.75, 3.05) is 6.54 Å².